The average molecular weight is 412 g/mol. The molecule has 1 N–H and O–H groups in total. The monoisotopic (exact) mass is 411 g/mol. The number of nitrogens with one attached hydrogen (secondary N) is 1. The Balaban J connectivity index is 1.36. The van der Waals surface area contributed by atoms with E-state index in [-0.39, 0.29) is 11.5 Å². The van der Waals surface area contributed by atoms with Gasteiger partial charge in [-0.15, -0.1) is 0 Å². The number of nitriles is 1. The zero-order valence-corrected chi connectivity index (χ0v) is 17.9. The van der Waals surface area contributed by atoms with Crippen molar-refractivity contribution >= 4 is 28.6 Å². The summed E-state index contributed by atoms with van der Waals surface area (Å²) < 4.78 is 2.33. The molecule has 0 radical (unpaired) electrons. The molecule has 156 valence electrons. The van der Waals surface area contributed by atoms with Crippen molar-refractivity contribution < 1.29 is 4.79 Å². The van der Waals surface area contributed by atoms with E-state index in [9.17, 15) is 10.1 Å². The maximum absolute atomic E-state index is 13.1. The molecule has 1 aliphatic heterocycles. The minimum Gasteiger partial charge on any atom is -0.346 e. The first-order valence-corrected chi connectivity index (χ1v) is 10.8. The zero-order valence-electron chi connectivity index (χ0n) is 17.9. The summed E-state index contributed by atoms with van der Waals surface area (Å²) in [5, 5.41) is 10.8. The molecule has 6 heteroatoms. The molecule has 0 saturated heterocycles. The number of aromatic nitrogens is 3. The van der Waals surface area contributed by atoms with Crippen LogP contribution in [0.25, 0.3) is 22.7 Å². The molecule has 31 heavy (non-hydrogen) atoms. The first-order valence-electron chi connectivity index (χ1n) is 10.8. The van der Waals surface area contributed by atoms with E-state index < -0.39 is 0 Å². The summed E-state index contributed by atoms with van der Waals surface area (Å²) >= 11 is 0. The summed E-state index contributed by atoms with van der Waals surface area (Å²) in [6, 6.07) is 8.79. The van der Waals surface area contributed by atoms with E-state index in [1.807, 2.05) is 12.3 Å². The Labute approximate surface area is 181 Å². The smallest absolute Gasteiger partial charge is 0.264 e. The lowest BCUT2D eigenvalue weighted by Crippen LogP contribution is -2.35. The molecule has 0 bridgehead atoms. The van der Waals surface area contributed by atoms with Crippen LogP contribution in [0.2, 0.25) is 0 Å². The number of aryl methyl sites for hydroxylation is 1. The van der Waals surface area contributed by atoms with Crippen LogP contribution in [0.4, 0.5) is 0 Å². The SMILES string of the molecule is Cc1cc(/C=C(\C#N)C(=O)N2CC=C(c3c[nH]c4ncccc34)CC2)c(C)n1C1CC1. The van der Waals surface area contributed by atoms with Gasteiger partial charge >= 0.3 is 0 Å². The Kier molecular flexibility index (Phi) is 4.74. The van der Waals surface area contributed by atoms with Crippen molar-refractivity contribution in [3.63, 3.8) is 0 Å². The first kappa shape index (κ1) is 19.4. The first-order chi connectivity index (χ1) is 15.1. The molecule has 1 amide bonds. The number of carbonyl (C=O) groups excluding carboxylic acids is 1. The van der Waals surface area contributed by atoms with Crippen LogP contribution in [-0.4, -0.2) is 38.4 Å². The highest BCUT2D eigenvalue weighted by molar-refractivity contribution is 6.02. The molecule has 3 aromatic rings. The molecule has 3 aromatic heterocycles. The average Bonchev–Trinajstić information content (AvgIpc) is 3.46. The lowest BCUT2D eigenvalue weighted by atomic mass is 9.99. The second-order valence-corrected chi connectivity index (χ2v) is 8.43. The number of H-pyrrole nitrogens is 1. The van der Waals surface area contributed by atoms with E-state index in [0.717, 1.165) is 34.3 Å². The highest BCUT2D eigenvalue weighted by Gasteiger charge is 2.27. The largest absolute Gasteiger partial charge is 0.346 e. The minimum atomic E-state index is -0.199. The highest BCUT2D eigenvalue weighted by atomic mass is 16.2. The van der Waals surface area contributed by atoms with E-state index in [1.54, 1.807) is 17.2 Å². The van der Waals surface area contributed by atoms with Crippen molar-refractivity contribution in [1.82, 2.24) is 19.4 Å². The van der Waals surface area contributed by atoms with E-state index in [4.69, 9.17) is 0 Å². The Morgan fingerprint density at radius 3 is 2.90 bits per heavy atom. The third-order valence-electron chi connectivity index (χ3n) is 6.38. The number of hydrogen-bond acceptors (Lipinski definition) is 3. The lowest BCUT2D eigenvalue weighted by Gasteiger charge is -2.26. The fraction of sp³-hybridized carbons (Fsp3) is 0.320. The van der Waals surface area contributed by atoms with Gasteiger partial charge in [0.15, 0.2) is 0 Å². The summed E-state index contributed by atoms with van der Waals surface area (Å²) in [5.74, 6) is -0.199. The molecule has 5 rings (SSSR count). The van der Waals surface area contributed by atoms with E-state index in [2.05, 4.69) is 52.7 Å². The van der Waals surface area contributed by atoms with Crippen molar-refractivity contribution in [2.24, 2.45) is 0 Å². The van der Waals surface area contributed by atoms with Crippen LogP contribution in [0.15, 0.2) is 42.2 Å². The fourth-order valence-electron chi connectivity index (χ4n) is 4.63. The fourth-order valence-corrected chi connectivity index (χ4v) is 4.63. The number of rotatable bonds is 4. The molecule has 4 heterocycles. The van der Waals surface area contributed by atoms with Crippen molar-refractivity contribution in [3.05, 3.63) is 64.8 Å². The van der Waals surface area contributed by atoms with Gasteiger partial charge in [-0.25, -0.2) is 4.98 Å². The van der Waals surface area contributed by atoms with Gasteiger partial charge in [-0.3, -0.25) is 4.79 Å². The van der Waals surface area contributed by atoms with Crippen molar-refractivity contribution in [3.8, 4) is 6.07 Å². The molecule has 0 atom stereocenters. The number of nitrogens with zero attached hydrogens (tertiary/aromatic N) is 4. The maximum Gasteiger partial charge on any atom is 0.264 e. The second-order valence-electron chi connectivity index (χ2n) is 8.43. The lowest BCUT2D eigenvalue weighted by molar-refractivity contribution is -0.126. The van der Waals surface area contributed by atoms with Crippen LogP contribution in [0.5, 0.6) is 0 Å². The van der Waals surface area contributed by atoms with Crippen LogP contribution in [0.1, 0.15) is 47.8 Å². The summed E-state index contributed by atoms with van der Waals surface area (Å²) in [6.07, 6.45) is 10.8. The maximum atomic E-state index is 13.1. The van der Waals surface area contributed by atoms with Crippen LogP contribution in [0, 0.1) is 25.2 Å². The third-order valence-corrected chi connectivity index (χ3v) is 6.38. The van der Waals surface area contributed by atoms with Crippen LogP contribution < -0.4 is 0 Å². The normalized spacial score (nSPS) is 17.0. The molecule has 0 aromatic carbocycles. The van der Waals surface area contributed by atoms with Gasteiger partial charge in [0.25, 0.3) is 5.91 Å². The highest BCUT2D eigenvalue weighted by Crippen LogP contribution is 2.38. The Bertz CT molecular complexity index is 1280. The van der Waals surface area contributed by atoms with Gasteiger partial charge in [-0.2, -0.15) is 5.26 Å². The van der Waals surface area contributed by atoms with Gasteiger partial charge in [0.1, 0.15) is 17.3 Å². The Morgan fingerprint density at radius 1 is 1.35 bits per heavy atom. The molecule has 0 spiro atoms. The topological polar surface area (TPSA) is 77.7 Å². The summed E-state index contributed by atoms with van der Waals surface area (Å²) in [5.41, 5.74) is 6.70. The molecule has 1 fully saturated rings. The quantitative estimate of drug-likeness (QED) is 0.506. The Hall–Kier alpha value is -3.59. The number of amides is 1. The van der Waals surface area contributed by atoms with Gasteiger partial charge < -0.3 is 14.5 Å². The summed E-state index contributed by atoms with van der Waals surface area (Å²) in [6.45, 7) is 5.26. The van der Waals surface area contributed by atoms with Gasteiger partial charge in [-0.1, -0.05) is 6.08 Å². The summed E-state index contributed by atoms with van der Waals surface area (Å²) in [7, 11) is 0. The van der Waals surface area contributed by atoms with Crippen LogP contribution in [-0.2, 0) is 4.79 Å². The standard InChI is InChI=1S/C25H25N5O/c1-16-12-19(17(2)30(16)21-5-6-21)13-20(14-26)25(31)29-10-7-18(8-11-29)23-15-28-24-22(23)4-3-9-27-24/h3-4,7,9,12-13,15,21H,5-6,8,10-11H2,1-2H3,(H,27,28)/b20-13+. The number of aromatic amines is 1. The summed E-state index contributed by atoms with van der Waals surface area (Å²) in [4.78, 5) is 22.4. The van der Waals surface area contributed by atoms with Crippen molar-refractivity contribution in [2.75, 3.05) is 13.1 Å². The van der Waals surface area contributed by atoms with Crippen molar-refractivity contribution in [1.29, 1.82) is 5.26 Å². The van der Waals surface area contributed by atoms with Crippen LogP contribution >= 0.6 is 0 Å². The minimum absolute atomic E-state index is 0.198. The zero-order chi connectivity index (χ0) is 21.5. The predicted octanol–water partition coefficient (Wildman–Crippen LogP) is 4.54. The molecule has 6 nitrogen and oxygen atoms in total. The number of carbonyl (C=O) groups is 1. The molecular weight excluding hydrogens is 386 g/mol. The third kappa shape index (κ3) is 3.46. The van der Waals surface area contributed by atoms with E-state index in [0.29, 0.717) is 19.1 Å². The van der Waals surface area contributed by atoms with Gasteiger partial charge in [0, 0.05) is 53.9 Å². The molecular formula is C25H25N5O. The molecule has 1 saturated carbocycles. The Morgan fingerprint density at radius 2 is 2.19 bits per heavy atom. The molecule has 0 unspecified atom stereocenters. The molecule has 1 aliphatic carbocycles. The number of pyridine rings is 1. The second kappa shape index (κ2) is 7.59. The van der Waals surface area contributed by atoms with Gasteiger partial charge in [-0.05, 0) is 68.5 Å². The number of hydrogen-bond donors (Lipinski definition) is 1. The van der Waals surface area contributed by atoms with Gasteiger partial charge in [0.2, 0.25) is 0 Å². The van der Waals surface area contributed by atoms with Crippen LogP contribution in [0.3, 0.4) is 0 Å². The van der Waals surface area contributed by atoms with Crippen molar-refractivity contribution in [2.45, 2.75) is 39.2 Å². The number of fused-ring (bicyclic) bond motifs is 1. The predicted molar refractivity (Wildman–Crippen MR) is 121 cm³/mol. The van der Waals surface area contributed by atoms with E-state index >= 15 is 0 Å². The van der Waals surface area contributed by atoms with Gasteiger partial charge in [0.05, 0.1) is 0 Å². The van der Waals surface area contributed by atoms with E-state index in [1.165, 1.54) is 24.1 Å². The molecule has 2 aliphatic rings.